The summed E-state index contributed by atoms with van der Waals surface area (Å²) in [6.45, 7) is 2.69. The van der Waals surface area contributed by atoms with Crippen molar-refractivity contribution in [2.24, 2.45) is 10.1 Å². The van der Waals surface area contributed by atoms with Crippen molar-refractivity contribution in [3.05, 3.63) is 58.2 Å². The Bertz CT molecular complexity index is 998. The van der Waals surface area contributed by atoms with Gasteiger partial charge in [-0.05, 0) is 6.92 Å². The van der Waals surface area contributed by atoms with E-state index in [1.807, 2.05) is 29.8 Å². The van der Waals surface area contributed by atoms with Gasteiger partial charge in [-0.2, -0.15) is 5.10 Å². The molecule has 0 radical (unpaired) electrons. The van der Waals surface area contributed by atoms with E-state index in [1.165, 1.54) is 0 Å². The molecule has 0 amide bonds. The lowest BCUT2D eigenvalue weighted by Gasteiger charge is -2.12. The number of thiazole rings is 1. The summed E-state index contributed by atoms with van der Waals surface area (Å²) in [5.41, 5.74) is 2.77. The minimum atomic E-state index is 0.617. The Morgan fingerprint density at radius 2 is 1.68 bits per heavy atom. The van der Waals surface area contributed by atoms with E-state index in [0.717, 1.165) is 21.6 Å². The SMILES string of the molecule is CCN=c1scc(-c2ccccc2)n1N=Cc1c(OC)cc(OC)cc1OC. The molecule has 1 heterocycles. The molecule has 0 N–H and O–H groups in total. The summed E-state index contributed by atoms with van der Waals surface area (Å²) in [5, 5.41) is 6.77. The number of benzene rings is 2. The van der Waals surface area contributed by atoms with Crippen LogP contribution in [0.1, 0.15) is 12.5 Å². The Balaban J connectivity index is 2.13. The van der Waals surface area contributed by atoms with Gasteiger partial charge in [0.15, 0.2) is 0 Å². The second-order valence-corrected chi connectivity index (χ2v) is 6.58. The van der Waals surface area contributed by atoms with Gasteiger partial charge in [-0.1, -0.05) is 30.3 Å². The van der Waals surface area contributed by atoms with Crippen LogP contribution >= 0.6 is 11.3 Å². The quantitative estimate of drug-likeness (QED) is 0.565. The molecule has 0 saturated heterocycles. The number of aromatic nitrogens is 1. The molecule has 0 unspecified atom stereocenters. The zero-order chi connectivity index (χ0) is 19.9. The van der Waals surface area contributed by atoms with Gasteiger partial charge in [-0.3, -0.25) is 4.99 Å². The third-order valence-corrected chi connectivity index (χ3v) is 4.96. The Morgan fingerprint density at radius 3 is 2.25 bits per heavy atom. The Labute approximate surface area is 168 Å². The highest BCUT2D eigenvalue weighted by molar-refractivity contribution is 7.07. The van der Waals surface area contributed by atoms with Crippen molar-refractivity contribution in [1.29, 1.82) is 0 Å². The second kappa shape index (κ2) is 9.23. The van der Waals surface area contributed by atoms with Crippen LogP contribution in [0, 0.1) is 0 Å². The van der Waals surface area contributed by atoms with Crippen molar-refractivity contribution < 1.29 is 14.2 Å². The van der Waals surface area contributed by atoms with Gasteiger partial charge in [0.2, 0.25) is 4.80 Å². The lowest BCUT2D eigenvalue weighted by molar-refractivity contribution is 0.374. The van der Waals surface area contributed by atoms with E-state index in [-0.39, 0.29) is 0 Å². The molecule has 0 fully saturated rings. The number of ether oxygens (including phenoxy) is 3. The fourth-order valence-corrected chi connectivity index (χ4v) is 3.64. The summed E-state index contributed by atoms with van der Waals surface area (Å²) in [5.74, 6) is 1.89. The molecule has 0 aliphatic carbocycles. The number of methoxy groups -OCH3 is 3. The Kier molecular flexibility index (Phi) is 6.49. The maximum atomic E-state index is 5.51. The van der Waals surface area contributed by atoms with Gasteiger partial charge < -0.3 is 14.2 Å². The van der Waals surface area contributed by atoms with Gasteiger partial charge in [0.05, 0.1) is 38.8 Å². The summed E-state index contributed by atoms with van der Waals surface area (Å²) in [4.78, 5) is 5.39. The van der Waals surface area contributed by atoms with Gasteiger partial charge in [0, 0.05) is 29.6 Å². The van der Waals surface area contributed by atoms with Crippen LogP contribution in [-0.2, 0) is 0 Å². The largest absolute Gasteiger partial charge is 0.496 e. The molecule has 0 atom stereocenters. The molecule has 0 aliphatic heterocycles. The first-order chi connectivity index (χ1) is 13.7. The van der Waals surface area contributed by atoms with Gasteiger partial charge in [-0.15, -0.1) is 11.3 Å². The van der Waals surface area contributed by atoms with Crippen LogP contribution in [-0.4, -0.2) is 38.8 Å². The minimum absolute atomic E-state index is 0.617. The fourth-order valence-electron chi connectivity index (χ4n) is 2.74. The molecular formula is C21H23N3O3S. The van der Waals surface area contributed by atoms with Crippen molar-refractivity contribution in [1.82, 2.24) is 4.68 Å². The van der Waals surface area contributed by atoms with E-state index in [1.54, 1.807) is 51.0 Å². The predicted octanol–water partition coefficient (Wildman–Crippen LogP) is 4.05. The summed E-state index contributed by atoms with van der Waals surface area (Å²) in [7, 11) is 4.82. The fraction of sp³-hybridized carbons (Fsp3) is 0.238. The molecule has 0 bridgehead atoms. The molecular weight excluding hydrogens is 374 g/mol. The first kappa shape index (κ1) is 19.7. The summed E-state index contributed by atoms with van der Waals surface area (Å²) < 4.78 is 18.2. The minimum Gasteiger partial charge on any atom is -0.496 e. The smallest absolute Gasteiger partial charge is 0.206 e. The Morgan fingerprint density at radius 1 is 1.00 bits per heavy atom. The normalized spacial score (nSPS) is 11.8. The van der Waals surface area contributed by atoms with E-state index in [2.05, 4.69) is 22.5 Å². The molecule has 3 aromatic rings. The van der Waals surface area contributed by atoms with Crippen LogP contribution in [0.25, 0.3) is 11.3 Å². The molecule has 7 heteroatoms. The van der Waals surface area contributed by atoms with Crippen molar-refractivity contribution in [3.8, 4) is 28.5 Å². The topological polar surface area (TPSA) is 57.3 Å². The van der Waals surface area contributed by atoms with Crippen LogP contribution in [0.2, 0.25) is 0 Å². The summed E-state index contributed by atoms with van der Waals surface area (Å²) >= 11 is 1.56. The predicted molar refractivity (Wildman–Crippen MR) is 113 cm³/mol. The monoisotopic (exact) mass is 397 g/mol. The highest BCUT2D eigenvalue weighted by Crippen LogP contribution is 2.32. The second-order valence-electron chi connectivity index (χ2n) is 5.75. The third kappa shape index (κ3) is 4.09. The lowest BCUT2D eigenvalue weighted by Crippen LogP contribution is -2.12. The number of rotatable bonds is 7. The van der Waals surface area contributed by atoms with Gasteiger partial charge >= 0.3 is 0 Å². The maximum absolute atomic E-state index is 5.51. The first-order valence-electron chi connectivity index (χ1n) is 8.82. The van der Waals surface area contributed by atoms with Crippen LogP contribution in [0.5, 0.6) is 17.2 Å². The van der Waals surface area contributed by atoms with Gasteiger partial charge in [0.25, 0.3) is 0 Å². The molecule has 0 aliphatic rings. The standard InChI is InChI=1S/C21H23N3O3S/c1-5-22-21-24(18(14-28-21)15-9-7-6-8-10-15)23-13-17-19(26-3)11-16(25-2)12-20(17)27-4/h6-14H,5H2,1-4H3. The van der Waals surface area contributed by atoms with Crippen molar-refractivity contribution >= 4 is 17.6 Å². The van der Waals surface area contributed by atoms with Crippen LogP contribution < -0.4 is 19.0 Å². The van der Waals surface area contributed by atoms with Gasteiger partial charge in [-0.25, -0.2) is 4.68 Å². The van der Waals surface area contributed by atoms with E-state index in [0.29, 0.717) is 23.8 Å². The highest BCUT2D eigenvalue weighted by atomic mass is 32.1. The number of hydrogen-bond donors (Lipinski definition) is 0. The van der Waals surface area contributed by atoms with E-state index < -0.39 is 0 Å². The average molecular weight is 398 g/mol. The van der Waals surface area contributed by atoms with Crippen molar-refractivity contribution in [2.45, 2.75) is 6.92 Å². The molecule has 6 nitrogen and oxygen atoms in total. The molecule has 0 spiro atoms. The van der Waals surface area contributed by atoms with Gasteiger partial charge in [0.1, 0.15) is 17.2 Å². The van der Waals surface area contributed by atoms with Crippen LogP contribution in [0.3, 0.4) is 0 Å². The Hall–Kier alpha value is -3.06. The van der Waals surface area contributed by atoms with E-state index in [9.17, 15) is 0 Å². The van der Waals surface area contributed by atoms with E-state index in [4.69, 9.17) is 19.3 Å². The molecule has 0 saturated carbocycles. The van der Waals surface area contributed by atoms with Crippen molar-refractivity contribution in [3.63, 3.8) is 0 Å². The number of hydrogen-bond acceptors (Lipinski definition) is 6. The van der Waals surface area contributed by atoms with E-state index >= 15 is 0 Å². The zero-order valence-electron chi connectivity index (χ0n) is 16.4. The average Bonchev–Trinajstić information content (AvgIpc) is 3.14. The molecule has 1 aromatic heterocycles. The highest BCUT2D eigenvalue weighted by Gasteiger charge is 2.13. The third-order valence-electron chi connectivity index (χ3n) is 4.10. The van der Waals surface area contributed by atoms with Crippen LogP contribution in [0.15, 0.2) is 57.9 Å². The number of nitrogens with zero attached hydrogens (tertiary/aromatic N) is 3. The molecule has 28 heavy (non-hydrogen) atoms. The summed E-state index contributed by atoms with van der Waals surface area (Å²) in [6, 6.07) is 13.7. The lowest BCUT2D eigenvalue weighted by atomic mass is 10.2. The van der Waals surface area contributed by atoms with Crippen LogP contribution in [0.4, 0.5) is 0 Å². The molecule has 146 valence electrons. The zero-order valence-corrected chi connectivity index (χ0v) is 17.2. The summed E-state index contributed by atoms with van der Waals surface area (Å²) in [6.07, 6.45) is 1.73. The molecule has 3 rings (SSSR count). The first-order valence-corrected chi connectivity index (χ1v) is 9.70. The molecule has 2 aromatic carbocycles. The maximum Gasteiger partial charge on any atom is 0.206 e. The van der Waals surface area contributed by atoms with Crippen molar-refractivity contribution in [2.75, 3.05) is 27.9 Å².